The van der Waals surface area contributed by atoms with Crippen LogP contribution in [-0.4, -0.2) is 0 Å². The lowest BCUT2D eigenvalue weighted by Crippen LogP contribution is -2.32. The Morgan fingerprint density at radius 3 is 1.00 bits per heavy atom. The fourth-order valence-corrected chi connectivity index (χ4v) is 15.1. The molecule has 364 valence electrons. The van der Waals surface area contributed by atoms with Crippen molar-refractivity contribution >= 4 is 17.1 Å². The highest BCUT2D eigenvalue weighted by Crippen LogP contribution is 2.66. The van der Waals surface area contributed by atoms with Crippen LogP contribution in [0, 0.1) is 0 Å². The van der Waals surface area contributed by atoms with Crippen LogP contribution in [0.25, 0.3) is 33.4 Å². The van der Waals surface area contributed by atoms with E-state index in [1.165, 1.54) is 77.9 Å². The zero-order chi connectivity index (χ0) is 51.2. The Bertz CT molecular complexity index is 4150. The zero-order valence-electron chi connectivity index (χ0n) is 42.4. The van der Waals surface area contributed by atoms with Crippen LogP contribution < -0.4 is 14.4 Å². The number of fused-ring (bicyclic) bond motifs is 21. The molecule has 12 aromatic carbocycles. The third-order valence-corrected chi connectivity index (χ3v) is 17.9. The van der Waals surface area contributed by atoms with Crippen LogP contribution in [0.3, 0.4) is 0 Å². The molecule has 2 heterocycles. The molecule has 3 nitrogen and oxygen atoms in total. The number of nitrogens with zero attached hydrogens (tertiary/aromatic N) is 1. The van der Waals surface area contributed by atoms with E-state index in [2.05, 4.69) is 290 Å². The Morgan fingerprint density at radius 2 is 0.564 bits per heavy atom. The molecular formula is C75H47NO2. The first-order chi connectivity index (χ1) is 38.7. The Balaban J connectivity index is 0.994. The van der Waals surface area contributed by atoms with Gasteiger partial charge < -0.3 is 14.4 Å². The molecule has 2 aliphatic heterocycles. The maximum Gasteiger partial charge on any atom is 0.132 e. The van der Waals surface area contributed by atoms with Gasteiger partial charge in [-0.05, 0) is 127 Å². The van der Waals surface area contributed by atoms with Gasteiger partial charge in [-0.25, -0.2) is 0 Å². The van der Waals surface area contributed by atoms with Crippen molar-refractivity contribution in [2.24, 2.45) is 0 Å². The molecule has 12 aromatic rings. The molecule has 0 saturated carbocycles. The lowest BCUT2D eigenvalue weighted by Gasteiger charge is -2.40. The van der Waals surface area contributed by atoms with Crippen molar-refractivity contribution in [3.8, 4) is 56.4 Å². The van der Waals surface area contributed by atoms with Gasteiger partial charge in [0.1, 0.15) is 23.0 Å². The van der Waals surface area contributed by atoms with Crippen LogP contribution in [-0.2, 0) is 16.2 Å². The zero-order valence-corrected chi connectivity index (χ0v) is 42.4. The Hall–Kier alpha value is -9.96. The Kier molecular flexibility index (Phi) is 8.90. The van der Waals surface area contributed by atoms with E-state index in [0.717, 1.165) is 62.3 Å². The van der Waals surface area contributed by atoms with Crippen LogP contribution in [0.1, 0.15) is 66.8 Å². The van der Waals surface area contributed by atoms with Crippen molar-refractivity contribution in [1.82, 2.24) is 0 Å². The summed E-state index contributed by atoms with van der Waals surface area (Å²) in [4.78, 5) is 2.57. The summed E-state index contributed by atoms with van der Waals surface area (Å²) >= 11 is 0. The molecule has 78 heavy (non-hydrogen) atoms. The van der Waals surface area contributed by atoms with Crippen LogP contribution >= 0.6 is 0 Å². The van der Waals surface area contributed by atoms with Gasteiger partial charge in [0.25, 0.3) is 0 Å². The molecule has 0 unspecified atom stereocenters. The maximum absolute atomic E-state index is 6.84. The molecule has 5 aliphatic rings. The molecule has 0 amide bonds. The largest absolute Gasteiger partial charge is 0.457 e. The summed E-state index contributed by atoms with van der Waals surface area (Å²) in [6.45, 7) is 0. The van der Waals surface area contributed by atoms with Gasteiger partial charge in [0, 0.05) is 39.2 Å². The van der Waals surface area contributed by atoms with E-state index < -0.39 is 16.2 Å². The number of ether oxygens (including phenoxy) is 2. The normalized spacial score (nSPS) is 14.9. The summed E-state index contributed by atoms with van der Waals surface area (Å²) in [6.07, 6.45) is 0. The topological polar surface area (TPSA) is 21.7 Å². The molecule has 0 saturated heterocycles. The Labute approximate surface area is 453 Å². The number of hydrogen-bond acceptors (Lipinski definition) is 3. The van der Waals surface area contributed by atoms with E-state index in [-0.39, 0.29) is 0 Å². The predicted octanol–water partition coefficient (Wildman–Crippen LogP) is 18.5. The van der Waals surface area contributed by atoms with E-state index in [1.807, 2.05) is 0 Å². The summed E-state index contributed by atoms with van der Waals surface area (Å²) in [7, 11) is 0. The number of benzene rings is 12. The van der Waals surface area contributed by atoms with Crippen LogP contribution in [0.5, 0.6) is 23.0 Å². The minimum absolute atomic E-state index is 0.603. The number of para-hydroxylation sites is 4. The van der Waals surface area contributed by atoms with Gasteiger partial charge in [-0.2, -0.15) is 0 Å². The molecule has 3 aliphatic carbocycles. The van der Waals surface area contributed by atoms with E-state index in [4.69, 9.17) is 9.47 Å². The van der Waals surface area contributed by atoms with Crippen molar-refractivity contribution in [1.29, 1.82) is 0 Å². The molecule has 0 atom stereocenters. The highest BCUT2D eigenvalue weighted by atomic mass is 16.5. The van der Waals surface area contributed by atoms with Gasteiger partial charge in [-0.1, -0.05) is 231 Å². The highest BCUT2D eigenvalue weighted by Gasteiger charge is 2.54. The summed E-state index contributed by atoms with van der Waals surface area (Å²) in [6, 6.07) is 106. The van der Waals surface area contributed by atoms with Gasteiger partial charge in [-0.3, -0.25) is 0 Å². The molecule has 0 aromatic heterocycles. The molecule has 0 fully saturated rings. The van der Waals surface area contributed by atoms with Crippen LogP contribution in [0.15, 0.2) is 285 Å². The summed E-state index contributed by atoms with van der Waals surface area (Å²) < 4.78 is 13.7. The van der Waals surface area contributed by atoms with Crippen LogP contribution in [0.4, 0.5) is 17.1 Å². The standard InChI is InChI=1S/C75H47NO2/c1-3-22-48(23-4-1)73(49-24-5-2-6-25-49)59-31-12-9-28-56(59)72-64(73)36-21-37-67(72)76(50-42-44-54-52-26-7-10-29-57(52)74(65(54)46-50)60-32-13-17-38-68(60)77-69-39-18-14-33-61(69)74)51-43-45-55-53-27-8-11-30-58(53)75(66(55)47-51)62-34-15-19-40-70(62)78-71-41-20-16-35-63(71)75/h1-47H. The third-order valence-electron chi connectivity index (χ3n) is 17.9. The lowest BCUT2D eigenvalue weighted by atomic mass is 9.66. The van der Waals surface area contributed by atoms with Crippen molar-refractivity contribution in [2.75, 3.05) is 4.90 Å². The van der Waals surface area contributed by atoms with Crippen molar-refractivity contribution in [3.63, 3.8) is 0 Å². The molecule has 0 N–H and O–H groups in total. The maximum atomic E-state index is 6.84. The fraction of sp³-hybridized carbons (Fsp3) is 0.0400. The van der Waals surface area contributed by atoms with Crippen molar-refractivity contribution in [3.05, 3.63) is 352 Å². The monoisotopic (exact) mass is 993 g/mol. The van der Waals surface area contributed by atoms with E-state index in [9.17, 15) is 0 Å². The average molecular weight is 994 g/mol. The van der Waals surface area contributed by atoms with E-state index in [0.29, 0.717) is 0 Å². The van der Waals surface area contributed by atoms with Crippen molar-refractivity contribution < 1.29 is 9.47 Å². The van der Waals surface area contributed by atoms with Gasteiger partial charge in [0.2, 0.25) is 0 Å². The number of rotatable bonds is 5. The second-order valence-electron chi connectivity index (χ2n) is 21.3. The van der Waals surface area contributed by atoms with E-state index in [1.54, 1.807) is 0 Å². The minimum Gasteiger partial charge on any atom is -0.457 e. The molecule has 0 radical (unpaired) electrons. The van der Waals surface area contributed by atoms with Gasteiger partial charge >= 0.3 is 0 Å². The highest BCUT2D eigenvalue weighted by molar-refractivity contribution is 6.00. The summed E-state index contributed by atoms with van der Waals surface area (Å²) in [5, 5.41) is 0. The third kappa shape index (κ3) is 5.42. The quantitative estimate of drug-likeness (QED) is 0.172. The smallest absolute Gasteiger partial charge is 0.132 e. The van der Waals surface area contributed by atoms with Crippen LogP contribution in [0.2, 0.25) is 0 Å². The average Bonchev–Trinajstić information content (AvgIpc) is 3.84. The van der Waals surface area contributed by atoms with Gasteiger partial charge in [0.05, 0.1) is 21.9 Å². The molecular weight excluding hydrogens is 947 g/mol. The SMILES string of the molecule is c1ccc(C2(c3ccccc3)c3ccccc3-c3c(N(c4ccc5c(c4)C4(c6ccccc6Oc6ccccc64)c4ccccc4-5)c4ccc5c(c4)C4(c6ccccc6Oc6ccccc64)c4ccccc4-5)cccc32)cc1. The first kappa shape index (κ1) is 43.3. The predicted molar refractivity (Wildman–Crippen MR) is 313 cm³/mol. The number of anilines is 3. The molecule has 17 rings (SSSR count). The Morgan fingerprint density at radius 1 is 0.231 bits per heavy atom. The van der Waals surface area contributed by atoms with E-state index >= 15 is 0 Å². The van der Waals surface area contributed by atoms with Gasteiger partial charge in [-0.15, -0.1) is 0 Å². The molecule has 2 spiro atoms. The minimum atomic E-state index is -0.667. The number of hydrogen-bond donors (Lipinski definition) is 0. The van der Waals surface area contributed by atoms with Gasteiger partial charge in [0.15, 0.2) is 0 Å². The lowest BCUT2D eigenvalue weighted by molar-refractivity contribution is 0.436. The summed E-state index contributed by atoms with van der Waals surface area (Å²) in [5.74, 6) is 3.49. The molecule has 0 bridgehead atoms. The van der Waals surface area contributed by atoms with Crippen molar-refractivity contribution in [2.45, 2.75) is 16.2 Å². The second-order valence-corrected chi connectivity index (χ2v) is 21.3. The first-order valence-corrected chi connectivity index (χ1v) is 27.1. The fourth-order valence-electron chi connectivity index (χ4n) is 15.1. The first-order valence-electron chi connectivity index (χ1n) is 27.1. The second kappa shape index (κ2) is 16.0. The summed E-state index contributed by atoms with van der Waals surface area (Å²) in [5.41, 5.74) is 23.1. The molecule has 3 heteroatoms.